The third kappa shape index (κ3) is 2.92. The van der Waals surface area contributed by atoms with Gasteiger partial charge in [0.05, 0.1) is 0 Å². The van der Waals surface area contributed by atoms with Crippen molar-refractivity contribution in [3.05, 3.63) is 29.1 Å². The standard InChI is InChI=1S/C14H17F2NO/c1-9-3-4-12(10(2)17-9)13(18)7-11-5-6-14(15,16)8-11/h3-4,11H,5-8H2,1-2H3. The topological polar surface area (TPSA) is 30.0 Å². The molecule has 0 radical (unpaired) electrons. The second-order valence-electron chi connectivity index (χ2n) is 5.18. The van der Waals surface area contributed by atoms with Crippen LogP contribution in [0.25, 0.3) is 0 Å². The lowest BCUT2D eigenvalue weighted by Gasteiger charge is -2.11. The summed E-state index contributed by atoms with van der Waals surface area (Å²) in [4.78, 5) is 16.3. The average molecular weight is 253 g/mol. The number of Topliss-reactive ketones (excluding diaryl/α,β-unsaturated/α-hetero) is 1. The fraction of sp³-hybridized carbons (Fsp3) is 0.571. The lowest BCUT2D eigenvalue weighted by molar-refractivity contribution is 0.00497. The number of rotatable bonds is 3. The molecule has 1 aliphatic rings. The maximum Gasteiger partial charge on any atom is 0.248 e. The molecule has 1 saturated carbocycles. The van der Waals surface area contributed by atoms with E-state index in [-0.39, 0.29) is 31.0 Å². The minimum Gasteiger partial charge on any atom is -0.294 e. The molecule has 0 N–H and O–H groups in total. The molecule has 1 atom stereocenters. The zero-order valence-electron chi connectivity index (χ0n) is 10.7. The number of aromatic nitrogens is 1. The van der Waals surface area contributed by atoms with Gasteiger partial charge in [-0.2, -0.15) is 0 Å². The fourth-order valence-electron chi connectivity index (χ4n) is 2.57. The third-order valence-corrected chi connectivity index (χ3v) is 3.51. The Morgan fingerprint density at radius 2 is 2.17 bits per heavy atom. The SMILES string of the molecule is Cc1ccc(C(=O)CC2CCC(F)(F)C2)c(C)n1. The molecule has 0 aromatic carbocycles. The smallest absolute Gasteiger partial charge is 0.248 e. The molecule has 98 valence electrons. The van der Waals surface area contributed by atoms with Crippen molar-refractivity contribution in [2.75, 3.05) is 0 Å². The van der Waals surface area contributed by atoms with E-state index in [1.807, 2.05) is 6.92 Å². The summed E-state index contributed by atoms with van der Waals surface area (Å²) in [7, 11) is 0. The molecule has 0 amide bonds. The molecule has 4 heteroatoms. The summed E-state index contributed by atoms with van der Waals surface area (Å²) in [6, 6.07) is 3.52. The zero-order chi connectivity index (χ0) is 13.3. The number of hydrogen-bond acceptors (Lipinski definition) is 2. The van der Waals surface area contributed by atoms with Gasteiger partial charge in [0.25, 0.3) is 0 Å². The van der Waals surface area contributed by atoms with Gasteiger partial charge in [0, 0.05) is 36.2 Å². The first-order chi connectivity index (χ1) is 8.37. The number of halogens is 2. The van der Waals surface area contributed by atoms with E-state index in [0.29, 0.717) is 17.7 Å². The zero-order valence-corrected chi connectivity index (χ0v) is 10.7. The predicted octanol–water partition coefficient (Wildman–Crippen LogP) is 3.71. The first kappa shape index (κ1) is 13.1. The molecule has 1 aromatic heterocycles. The summed E-state index contributed by atoms with van der Waals surface area (Å²) in [5, 5.41) is 0. The summed E-state index contributed by atoms with van der Waals surface area (Å²) >= 11 is 0. The molecule has 0 spiro atoms. The van der Waals surface area contributed by atoms with E-state index in [1.165, 1.54) is 0 Å². The minimum absolute atomic E-state index is 0.0669. The highest BCUT2D eigenvalue weighted by Crippen LogP contribution is 2.40. The van der Waals surface area contributed by atoms with Gasteiger partial charge < -0.3 is 0 Å². The average Bonchev–Trinajstić information content (AvgIpc) is 2.57. The van der Waals surface area contributed by atoms with Crippen LogP contribution in [0.1, 0.15) is 47.4 Å². The van der Waals surface area contributed by atoms with Gasteiger partial charge in [-0.05, 0) is 38.3 Å². The Morgan fingerprint density at radius 1 is 1.44 bits per heavy atom. The summed E-state index contributed by atoms with van der Waals surface area (Å²) in [6.45, 7) is 3.64. The van der Waals surface area contributed by atoms with Crippen molar-refractivity contribution in [3.63, 3.8) is 0 Å². The molecule has 2 nitrogen and oxygen atoms in total. The number of carbonyl (C=O) groups excluding carboxylic acids is 1. The van der Waals surface area contributed by atoms with Crippen molar-refractivity contribution in [1.29, 1.82) is 0 Å². The Morgan fingerprint density at radius 3 is 2.72 bits per heavy atom. The highest BCUT2D eigenvalue weighted by molar-refractivity contribution is 5.97. The lowest BCUT2D eigenvalue weighted by Crippen LogP contribution is -2.13. The lowest BCUT2D eigenvalue weighted by atomic mass is 9.96. The third-order valence-electron chi connectivity index (χ3n) is 3.51. The molecule has 1 heterocycles. The second kappa shape index (κ2) is 4.75. The molecular formula is C14H17F2NO. The normalized spacial score (nSPS) is 22.1. The van der Waals surface area contributed by atoms with Crippen LogP contribution in [0, 0.1) is 19.8 Å². The van der Waals surface area contributed by atoms with Gasteiger partial charge in [0.2, 0.25) is 5.92 Å². The van der Waals surface area contributed by atoms with Crippen LogP contribution in [0.4, 0.5) is 8.78 Å². The van der Waals surface area contributed by atoms with Gasteiger partial charge in [-0.15, -0.1) is 0 Å². The summed E-state index contributed by atoms with van der Waals surface area (Å²) in [5.41, 5.74) is 2.11. The molecule has 1 unspecified atom stereocenters. The van der Waals surface area contributed by atoms with Crippen molar-refractivity contribution in [1.82, 2.24) is 4.98 Å². The van der Waals surface area contributed by atoms with E-state index in [4.69, 9.17) is 0 Å². The first-order valence-corrected chi connectivity index (χ1v) is 6.23. The molecule has 1 aliphatic carbocycles. The van der Waals surface area contributed by atoms with E-state index in [1.54, 1.807) is 19.1 Å². The molecule has 1 aromatic rings. The van der Waals surface area contributed by atoms with Gasteiger partial charge >= 0.3 is 0 Å². The maximum absolute atomic E-state index is 13.1. The molecular weight excluding hydrogens is 236 g/mol. The predicted molar refractivity (Wildman–Crippen MR) is 64.9 cm³/mol. The quantitative estimate of drug-likeness (QED) is 0.769. The van der Waals surface area contributed by atoms with Crippen molar-refractivity contribution >= 4 is 5.78 Å². The minimum atomic E-state index is -2.58. The van der Waals surface area contributed by atoms with Crippen LogP contribution in [0.2, 0.25) is 0 Å². The Hall–Kier alpha value is -1.32. The van der Waals surface area contributed by atoms with Crippen LogP contribution in [0.3, 0.4) is 0 Å². The molecule has 18 heavy (non-hydrogen) atoms. The second-order valence-corrected chi connectivity index (χ2v) is 5.18. The molecule has 0 bridgehead atoms. The first-order valence-electron chi connectivity index (χ1n) is 6.23. The molecule has 2 rings (SSSR count). The van der Waals surface area contributed by atoms with Crippen LogP contribution in [0.5, 0.6) is 0 Å². The van der Waals surface area contributed by atoms with Crippen molar-refractivity contribution in [2.45, 2.75) is 45.5 Å². The Bertz CT molecular complexity index is 471. The summed E-state index contributed by atoms with van der Waals surface area (Å²) < 4.78 is 26.1. The van der Waals surface area contributed by atoms with E-state index in [2.05, 4.69) is 4.98 Å². The number of alkyl halides is 2. The van der Waals surface area contributed by atoms with Gasteiger partial charge in [0.1, 0.15) is 0 Å². The largest absolute Gasteiger partial charge is 0.294 e. The van der Waals surface area contributed by atoms with Crippen molar-refractivity contribution < 1.29 is 13.6 Å². The van der Waals surface area contributed by atoms with Gasteiger partial charge in [-0.3, -0.25) is 9.78 Å². The van der Waals surface area contributed by atoms with Crippen LogP contribution in [-0.2, 0) is 0 Å². The Kier molecular flexibility index (Phi) is 3.46. The Labute approximate surface area is 105 Å². The number of pyridine rings is 1. The van der Waals surface area contributed by atoms with Crippen LogP contribution in [0.15, 0.2) is 12.1 Å². The molecule has 0 aliphatic heterocycles. The number of ketones is 1. The maximum atomic E-state index is 13.1. The van der Waals surface area contributed by atoms with Gasteiger partial charge in [-0.25, -0.2) is 8.78 Å². The van der Waals surface area contributed by atoms with Crippen molar-refractivity contribution in [3.8, 4) is 0 Å². The number of hydrogen-bond donors (Lipinski definition) is 0. The van der Waals surface area contributed by atoms with E-state index >= 15 is 0 Å². The summed E-state index contributed by atoms with van der Waals surface area (Å²) in [6.07, 6.45) is 0.408. The van der Waals surface area contributed by atoms with E-state index in [0.717, 1.165) is 5.69 Å². The van der Waals surface area contributed by atoms with Crippen molar-refractivity contribution in [2.24, 2.45) is 5.92 Å². The highest BCUT2D eigenvalue weighted by atomic mass is 19.3. The monoisotopic (exact) mass is 253 g/mol. The molecule has 0 saturated heterocycles. The molecule has 1 fully saturated rings. The number of nitrogens with zero attached hydrogens (tertiary/aromatic N) is 1. The van der Waals surface area contributed by atoms with Gasteiger partial charge in [-0.1, -0.05) is 0 Å². The van der Waals surface area contributed by atoms with Crippen LogP contribution in [-0.4, -0.2) is 16.7 Å². The van der Waals surface area contributed by atoms with E-state index in [9.17, 15) is 13.6 Å². The fourth-order valence-corrected chi connectivity index (χ4v) is 2.57. The summed E-state index contributed by atoms with van der Waals surface area (Å²) in [5.74, 6) is -2.83. The number of aryl methyl sites for hydroxylation is 2. The van der Waals surface area contributed by atoms with E-state index < -0.39 is 5.92 Å². The van der Waals surface area contributed by atoms with Crippen LogP contribution >= 0.6 is 0 Å². The Balaban J connectivity index is 2.04. The van der Waals surface area contributed by atoms with Gasteiger partial charge in [0.15, 0.2) is 5.78 Å². The van der Waals surface area contributed by atoms with Crippen LogP contribution < -0.4 is 0 Å². The highest BCUT2D eigenvalue weighted by Gasteiger charge is 2.40. The number of carbonyl (C=O) groups is 1.